The fourth-order valence-electron chi connectivity index (χ4n) is 2.12. The maximum atomic E-state index is 13.5. The molecule has 1 aliphatic carbocycles. The van der Waals surface area contributed by atoms with Crippen LogP contribution in [0.25, 0.3) is 0 Å². The van der Waals surface area contributed by atoms with Gasteiger partial charge in [0, 0.05) is 17.5 Å². The number of aromatic nitrogens is 1. The number of aliphatic hydroxyl groups excluding tert-OH is 1. The van der Waals surface area contributed by atoms with Gasteiger partial charge in [0.2, 0.25) is 0 Å². The fourth-order valence-corrected chi connectivity index (χ4v) is 2.12. The van der Waals surface area contributed by atoms with E-state index in [1.807, 2.05) is 0 Å². The molecular formula is C12H14F3NO2. The Morgan fingerprint density at radius 3 is 2.67 bits per heavy atom. The van der Waals surface area contributed by atoms with Crippen LogP contribution in [0, 0.1) is 0 Å². The smallest absolute Gasteiger partial charge is 0.280 e. The van der Waals surface area contributed by atoms with Crippen molar-refractivity contribution in [1.29, 1.82) is 0 Å². The molecule has 0 aliphatic heterocycles. The first-order valence-electron chi connectivity index (χ1n) is 5.70. The third-order valence-corrected chi connectivity index (χ3v) is 2.83. The molecule has 0 bridgehead atoms. The van der Waals surface area contributed by atoms with Gasteiger partial charge >= 0.3 is 0 Å². The first kappa shape index (κ1) is 13.1. The van der Waals surface area contributed by atoms with Crippen molar-refractivity contribution in [3.8, 4) is 5.75 Å². The lowest BCUT2D eigenvalue weighted by Gasteiger charge is -2.15. The summed E-state index contributed by atoms with van der Waals surface area (Å²) in [5.74, 6) is 0.267. The SMILES string of the molecule is CC(C)Oc1cnc(C(F)F)c2c1CC(F)C2O. The number of halogens is 3. The summed E-state index contributed by atoms with van der Waals surface area (Å²) in [5.41, 5.74) is -0.376. The van der Waals surface area contributed by atoms with Gasteiger partial charge in [0.25, 0.3) is 6.43 Å². The molecule has 2 atom stereocenters. The van der Waals surface area contributed by atoms with E-state index >= 15 is 0 Å². The minimum absolute atomic E-state index is 0.115. The first-order chi connectivity index (χ1) is 8.41. The first-order valence-corrected chi connectivity index (χ1v) is 5.70. The van der Waals surface area contributed by atoms with Gasteiger partial charge in [-0.3, -0.25) is 4.98 Å². The van der Waals surface area contributed by atoms with Crippen molar-refractivity contribution in [2.75, 3.05) is 0 Å². The molecule has 0 aromatic carbocycles. The van der Waals surface area contributed by atoms with Crippen LogP contribution in [0.3, 0.4) is 0 Å². The topological polar surface area (TPSA) is 42.4 Å². The zero-order valence-corrected chi connectivity index (χ0v) is 10.0. The third-order valence-electron chi connectivity index (χ3n) is 2.83. The summed E-state index contributed by atoms with van der Waals surface area (Å²) in [6.07, 6.45) is -5.11. The summed E-state index contributed by atoms with van der Waals surface area (Å²) in [6.45, 7) is 3.54. The Morgan fingerprint density at radius 2 is 2.11 bits per heavy atom. The largest absolute Gasteiger partial charge is 0.489 e. The summed E-state index contributed by atoms with van der Waals surface area (Å²) in [5, 5.41) is 9.63. The van der Waals surface area contributed by atoms with Gasteiger partial charge in [-0.15, -0.1) is 0 Å². The Bertz CT molecular complexity index is 451. The van der Waals surface area contributed by atoms with Gasteiger partial charge in [-0.2, -0.15) is 0 Å². The van der Waals surface area contributed by atoms with Gasteiger partial charge in [-0.1, -0.05) is 0 Å². The maximum absolute atomic E-state index is 13.5. The van der Waals surface area contributed by atoms with Gasteiger partial charge in [0.05, 0.1) is 12.3 Å². The lowest BCUT2D eigenvalue weighted by molar-refractivity contribution is 0.0850. The second kappa shape index (κ2) is 4.76. The van der Waals surface area contributed by atoms with Crippen molar-refractivity contribution in [3.05, 3.63) is 23.0 Å². The zero-order valence-electron chi connectivity index (χ0n) is 10.0. The number of ether oxygens (including phenoxy) is 1. The minimum Gasteiger partial charge on any atom is -0.489 e. The van der Waals surface area contributed by atoms with Crippen LogP contribution in [0.15, 0.2) is 6.20 Å². The monoisotopic (exact) mass is 261 g/mol. The predicted molar refractivity (Wildman–Crippen MR) is 58.5 cm³/mol. The van der Waals surface area contributed by atoms with E-state index in [0.29, 0.717) is 5.56 Å². The quantitative estimate of drug-likeness (QED) is 0.909. The van der Waals surface area contributed by atoms with E-state index in [-0.39, 0.29) is 23.8 Å². The van der Waals surface area contributed by atoms with Gasteiger partial charge in [-0.05, 0) is 13.8 Å². The number of aliphatic hydroxyl groups is 1. The van der Waals surface area contributed by atoms with E-state index in [4.69, 9.17) is 4.74 Å². The summed E-state index contributed by atoms with van der Waals surface area (Å²) >= 11 is 0. The van der Waals surface area contributed by atoms with Crippen LogP contribution in [-0.2, 0) is 6.42 Å². The number of fused-ring (bicyclic) bond motifs is 1. The van der Waals surface area contributed by atoms with E-state index in [9.17, 15) is 18.3 Å². The number of rotatable bonds is 3. The average Bonchev–Trinajstić information content (AvgIpc) is 2.56. The molecule has 1 heterocycles. The number of nitrogens with zero attached hydrogens (tertiary/aromatic N) is 1. The second-order valence-electron chi connectivity index (χ2n) is 4.53. The zero-order chi connectivity index (χ0) is 13.4. The highest BCUT2D eigenvalue weighted by Gasteiger charge is 2.38. The van der Waals surface area contributed by atoms with Crippen molar-refractivity contribution in [1.82, 2.24) is 4.98 Å². The molecule has 100 valence electrons. The van der Waals surface area contributed by atoms with Crippen LogP contribution >= 0.6 is 0 Å². The standard InChI is InChI=1S/C12H14F3NO2/c1-5(2)18-8-4-16-10(12(14)15)9-6(8)3-7(13)11(9)17/h4-5,7,11-12,17H,3H2,1-2H3. The number of hydrogen-bond donors (Lipinski definition) is 1. The van der Waals surface area contributed by atoms with E-state index < -0.39 is 24.4 Å². The summed E-state index contributed by atoms with van der Waals surface area (Å²) < 4.78 is 44.5. The van der Waals surface area contributed by atoms with Crippen LogP contribution in [0.5, 0.6) is 5.75 Å². The van der Waals surface area contributed by atoms with Crippen LogP contribution in [0.4, 0.5) is 13.2 Å². The molecule has 0 spiro atoms. The highest BCUT2D eigenvalue weighted by molar-refractivity contribution is 5.47. The molecule has 3 nitrogen and oxygen atoms in total. The van der Waals surface area contributed by atoms with Crippen LogP contribution in [0.1, 0.15) is 43.2 Å². The molecule has 1 aliphatic rings. The predicted octanol–water partition coefficient (Wildman–Crippen LogP) is 2.73. The fraction of sp³-hybridized carbons (Fsp3) is 0.583. The molecule has 2 rings (SSSR count). The molecule has 1 aromatic heterocycles. The summed E-state index contributed by atoms with van der Waals surface area (Å²) in [7, 11) is 0. The third kappa shape index (κ3) is 2.16. The van der Waals surface area contributed by atoms with E-state index in [0.717, 1.165) is 0 Å². The molecule has 18 heavy (non-hydrogen) atoms. The highest BCUT2D eigenvalue weighted by Crippen LogP contribution is 2.42. The summed E-state index contributed by atoms with van der Waals surface area (Å²) in [4.78, 5) is 3.59. The second-order valence-corrected chi connectivity index (χ2v) is 4.53. The minimum atomic E-state index is -2.84. The summed E-state index contributed by atoms with van der Waals surface area (Å²) in [6, 6.07) is 0. The molecule has 0 radical (unpaired) electrons. The molecule has 2 unspecified atom stereocenters. The molecule has 0 saturated heterocycles. The van der Waals surface area contributed by atoms with Crippen LogP contribution in [-0.4, -0.2) is 22.4 Å². The average molecular weight is 261 g/mol. The molecule has 0 fully saturated rings. The van der Waals surface area contributed by atoms with Gasteiger partial charge in [0.15, 0.2) is 0 Å². The van der Waals surface area contributed by atoms with Gasteiger partial charge in [0.1, 0.15) is 23.7 Å². The Morgan fingerprint density at radius 1 is 1.44 bits per heavy atom. The van der Waals surface area contributed by atoms with E-state index in [1.54, 1.807) is 13.8 Å². The molecule has 1 N–H and O–H groups in total. The van der Waals surface area contributed by atoms with Gasteiger partial charge < -0.3 is 9.84 Å². The van der Waals surface area contributed by atoms with Gasteiger partial charge in [-0.25, -0.2) is 13.2 Å². The van der Waals surface area contributed by atoms with Crippen molar-refractivity contribution < 1.29 is 23.0 Å². The maximum Gasteiger partial charge on any atom is 0.280 e. The van der Waals surface area contributed by atoms with E-state index in [1.165, 1.54) is 6.20 Å². The number of pyridine rings is 1. The van der Waals surface area contributed by atoms with Crippen molar-refractivity contribution in [2.45, 2.75) is 45.1 Å². The highest BCUT2D eigenvalue weighted by atomic mass is 19.3. The molecule has 1 aromatic rings. The molecule has 0 saturated carbocycles. The van der Waals surface area contributed by atoms with Crippen LogP contribution < -0.4 is 4.74 Å². The Labute approximate surface area is 103 Å². The Balaban J connectivity index is 2.51. The Kier molecular flexibility index (Phi) is 3.47. The molecule has 6 heteroatoms. The lowest BCUT2D eigenvalue weighted by Crippen LogP contribution is -2.10. The van der Waals surface area contributed by atoms with Crippen molar-refractivity contribution in [3.63, 3.8) is 0 Å². The molecule has 0 amide bonds. The number of alkyl halides is 3. The Hall–Kier alpha value is -1.30. The molecular weight excluding hydrogens is 247 g/mol. The van der Waals surface area contributed by atoms with E-state index in [2.05, 4.69) is 4.98 Å². The number of hydrogen-bond acceptors (Lipinski definition) is 3. The van der Waals surface area contributed by atoms with Crippen molar-refractivity contribution >= 4 is 0 Å². The van der Waals surface area contributed by atoms with Crippen LogP contribution in [0.2, 0.25) is 0 Å². The lowest BCUT2D eigenvalue weighted by atomic mass is 10.1. The van der Waals surface area contributed by atoms with Crippen molar-refractivity contribution in [2.24, 2.45) is 0 Å². The normalized spacial score (nSPS) is 22.7.